The predicted octanol–water partition coefficient (Wildman–Crippen LogP) is 5.23. The van der Waals surface area contributed by atoms with Crippen molar-refractivity contribution >= 4 is 33.4 Å². The van der Waals surface area contributed by atoms with Crippen LogP contribution >= 0.6 is 0 Å². The van der Waals surface area contributed by atoms with Crippen molar-refractivity contribution in [2.45, 2.75) is 39.2 Å². The summed E-state index contributed by atoms with van der Waals surface area (Å²) >= 11 is 0. The molecule has 0 spiro atoms. The monoisotopic (exact) mass is 426 g/mol. The maximum atomic E-state index is 6.13. The first-order valence-corrected chi connectivity index (χ1v) is 11.2. The molecule has 4 N–H and O–H groups in total. The summed E-state index contributed by atoms with van der Waals surface area (Å²) in [6.45, 7) is 7.69. The van der Waals surface area contributed by atoms with Crippen LogP contribution in [0.3, 0.4) is 0 Å². The number of benzene rings is 2. The number of aryl methyl sites for hydroxylation is 2. The van der Waals surface area contributed by atoms with Crippen molar-refractivity contribution in [2.24, 2.45) is 0 Å². The average molecular weight is 427 g/mol. The number of hydrogen-bond acceptors (Lipinski definition) is 5. The topological polar surface area (TPSA) is 80.8 Å². The number of unbranched alkanes of at least 4 members (excludes halogenated alkanes) is 1. The van der Waals surface area contributed by atoms with Crippen LogP contribution in [0.25, 0.3) is 21.9 Å². The summed E-state index contributed by atoms with van der Waals surface area (Å²) in [7, 11) is 0. The van der Waals surface area contributed by atoms with E-state index >= 15 is 0 Å². The smallest absolute Gasteiger partial charge is 0.152 e. The molecule has 2 aromatic heterocycles. The Morgan fingerprint density at radius 1 is 1.12 bits per heavy atom. The lowest BCUT2D eigenvalue weighted by molar-refractivity contribution is 0.602. The van der Waals surface area contributed by atoms with E-state index < -0.39 is 0 Å². The number of imidazole rings is 1. The van der Waals surface area contributed by atoms with Crippen molar-refractivity contribution in [1.29, 1.82) is 0 Å². The summed E-state index contributed by atoms with van der Waals surface area (Å²) in [4.78, 5) is 8.97. The Labute approximate surface area is 188 Å². The maximum Gasteiger partial charge on any atom is 0.152 e. The van der Waals surface area contributed by atoms with Gasteiger partial charge < -0.3 is 20.9 Å². The van der Waals surface area contributed by atoms with E-state index in [0.717, 1.165) is 72.2 Å². The van der Waals surface area contributed by atoms with Crippen molar-refractivity contribution in [3.05, 3.63) is 78.6 Å². The molecule has 0 aliphatic heterocycles. The second-order valence-corrected chi connectivity index (χ2v) is 7.91. The van der Waals surface area contributed by atoms with Gasteiger partial charge in [0, 0.05) is 24.2 Å². The first-order valence-electron chi connectivity index (χ1n) is 11.2. The Morgan fingerprint density at radius 2 is 1.94 bits per heavy atom. The molecule has 2 aromatic carbocycles. The number of anilines is 2. The van der Waals surface area contributed by atoms with E-state index in [1.165, 1.54) is 5.56 Å². The highest BCUT2D eigenvalue weighted by atomic mass is 15.1. The number of para-hydroxylation sites is 1. The number of hydrogen-bond donors (Lipinski definition) is 3. The van der Waals surface area contributed by atoms with Gasteiger partial charge in [-0.2, -0.15) is 0 Å². The Morgan fingerprint density at radius 3 is 2.72 bits per heavy atom. The highest BCUT2D eigenvalue weighted by molar-refractivity contribution is 6.06. The van der Waals surface area contributed by atoms with E-state index in [2.05, 4.69) is 74.7 Å². The van der Waals surface area contributed by atoms with Gasteiger partial charge in [0.05, 0.1) is 17.4 Å². The number of aromatic nitrogens is 3. The van der Waals surface area contributed by atoms with E-state index in [0.29, 0.717) is 5.82 Å². The van der Waals surface area contributed by atoms with E-state index in [9.17, 15) is 0 Å². The van der Waals surface area contributed by atoms with E-state index in [1.54, 1.807) is 0 Å². The molecule has 0 saturated heterocycles. The molecule has 0 bridgehead atoms. The molecule has 32 heavy (non-hydrogen) atoms. The molecule has 0 fully saturated rings. The first kappa shape index (κ1) is 21.5. The van der Waals surface area contributed by atoms with Gasteiger partial charge >= 0.3 is 0 Å². The second kappa shape index (κ2) is 10.0. The van der Waals surface area contributed by atoms with Gasteiger partial charge in [-0.05, 0) is 43.0 Å². The lowest BCUT2D eigenvalue weighted by Gasteiger charge is -2.12. The second-order valence-electron chi connectivity index (χ2n) is 7.91. The van der Waals surface area contributed by atoms with Crippen LogP contribution in [0.4, 0.5) is 11.5 Å². The molecule has 0 amide bonds. The Balaban J connectivity index is 1.31. The summed E-state index contributed by atoms with van der Waals surface area (Å²) in [6, 6.07) is 16.6. The molecule has 0 unspecified atom stereocenters. The molecule has 6 heteroatoms. The zero-order valence-electron chi connectivity index (χ0n) is 18.6. The van der Waals surface area contributed by atoms with Gasteiger partial charge in [-0.15, -0.1) is 0 Å². The molecule has 2 heterocycles. The van der Waals surface area contributed by atoms with Crippen LogP contribution in [-0.2, 0) is 13.0 Å². The minimum atomic E-state index is 0.480. The standard InChI is InChI=1S/C26H30N6/c1-3-9-19-12-14-20(15-13-19)30-23(4-2)28-16-7-8-17-32-18-29-24-25(32)21-10-5-6-11-22(21)31-26(24)27/h5-6,10-15,18,28,30H,2-3,7-9,16-17H2,1H3,(H2,27,31). The minimum absolute atomic E-state index is 0.480. The van der Waals surface area contributed by atoms with Gasteiger partial charge in [-0.3, -0.25) is 0 Å². The first-order chi connectivity index (χ1) is 15.7. The lowest BCUT2D eigenvalue weighted by atomic mass is 10.1. The molecular weight excluding hydrogens is 396 g/mol. The third-order valence-corrected chi connectivity index (χ3v) is 5.55. The van der Waals surface area contributed by atoms with E-state index in [4.69, 9.17) is 5.73 Å². The van der Waals surface area contributed by atoms with E-state index in [-0.39, 0.29) is 0 Å². The molecule has 4 rings (SSSR count). The number of pyridine rings is 1. The van der Waals surface area contributed by atoms with Crippen LogP contribution in [0.2, 0.25) is 0 Å². The molecule has 0 aliphatic rings. The number of rotatable bonds is 10. The Hall–Kier alpha value is -3.76. The van der Waals surface area contributed by atoms with E-state index in [1.807, 2.05) is 24.5 Å². The largest absolute Gasteiger partial charge is 0.382 e. The summed E-state index contributed by atoms with van der Waals surface area (Å²) < 4.78 is 2.18. The molecule has 0 radical (unpaired) electrons. The van der Waals surface area contributed by atoms with Gasteiger partial charge in [0.2, 0.25) is 0 Å². The molecule has 0 aliphatic carbocycles. The summed E-state index contributed by atoms with van der Waals surface area (Å²) in [5.41, 5.74) is 14.2. The number of nitrogen functional groups attached to an aromatic ring is 1. The molecular formula is C26H30N6. The fourth-order valence-corrected chi connectivity index (χ4v) is 3.93. The highest BCUT2D eigenvalue weighted by Crippen LogP contribution is 2.27. The SMILES string of the molecule is C=C=C(NCCCCn1cnc2c(N)nc3ccccc3c21)Nc1ccc(CCC)cc1. The number of fused-ring (bicyclic) bond motifs is 3. The van der Waals surface area contributed by atoms with Gasteiger partial charge in [0.1, 0.15) is 11.3 Å². The third kappa shape index (κ3) is 4.76. The number of nitrogens with one attached hydrogen (secondary N) is 2. The average Bonchev–Trinajstić information content (AvgIpc) is 3.24. The molecule has 0 saturated carbocycles. The Bertz CT molecular complexity index is 1250. The highest BCUT2D eigenvalue weighted by Gasteiger charge is 2.11. The van der Waals surface area contributed by atoms with Crippen LogP contribution in [0, 0.1) is 0 Å². The van der Waals surface area contributed by atoms with Crippen LogP contribution in [-0.4, -0.2) is 21.1 Å². The summed E-state index contributed by atoms with van der Waals surface area (Å²) in [6.07, 6.45) is 6.13. The molecule has 164 valence electrons. The van der Waals surface area contributed by atoms with Gasteiger partial charge in [0.15, 0.2) is 5.82 Å². The van der Waals surface area contributed by atoms with Crippen molar-refractivity contribution < 1.29 is 0 Å². The lowest BCUT2D eigenvalue weighted by Crippen LogP contribution is -2.20. The Kier molecular flexibility index (Phi) is 6.73. The van der Waals surface area contributed by atoms with Crippen LogP contribution in [0.15, 0.2) is 73.0 Å². The number of nitrogens with two attached hydrogens (primary N) is 1. The molecule has 0 atom stereocenters. The number of nitrogens with zero attached hydrogens (tertiary/aromatic N) is 3. The minimum Gasteiger partial charge on any atom is -0.382 e. The van der Waals surface area contributed by atoms with Crippen LogP contribution < -0.4 is 16.4 Å². The van der Waals surface area contributed by atoms with Crippen molar-refractivity contribution in [3.8, 4) is 0 Å². The van der Waals surface area contributed by atoms with Gasteiger partial charge in [-0.1, -0.05) is 56.0 Å². The van der Waals surface area contributed by atoms with Gasteiger partial charge in [-0.25, -0.2) is 9.97 Å². The summed E-state index contributed by atoms with van der Waals surface area (Å²) in [5, 5.41) is 7.82. The predicted molar refractivity (Wildman–Crippen MR) is 133 cm³/mol. The third-order valence-electron chi connectivity index (χ3n) is 5.55. The quantitative estimate of drug-likeness (QED) is 0.239. The van der Waals surface area contributed by atoms with Crippen molar-refractivity contribution in [1.82, 2.24) is 19.9 Å². The zero-order chi connectivity index (χ0) is 22.3. The normalized spacial score (nSPS) is 10.9. The van der Waals surface area contributed by atoms with Crippen molar-refractivity contribution in [3.63, 3.8) is 0 Å². The summed E-state index contributed by atoms with van der Waals surface area (Å²) in [5.74, 6) is 1.28. The maximum absolute atomic E-state index is 6.13. The fourth-order valence-electron chi connectivity index (χ4n) is 3.93. The molecule has 4 aromatic rings. The van der Waals surface area contributed by atoms with Crippen LogP contribution in [0.1, 0.15) is 31.7 Å². The van der Waals surface area contributed by atoms with Crippen LogP contribution in [0.5, 0.6) is 0 Å². The zero-order valence-corrected chi connectivity index (χ0v) is 18.6. The van der Waals surface area contributed by atoms with Crippen molar-refractivity contribution in [2.75, 3.05) is 17.6 Å². The van der Waals surface area contributed by atoms with Gasteiger partial charge in [0.25, 0.3) is 0 Å². The molecule has 6 nitrogen and oxygen atoms in total. The fraction of sp³-hybridized carbons (Fsp3) is 0.269.